The van der Waals surface area contributed by atoms with Crippen molar-refractivity contribution in [3.8, 4) is 0 Å². The van der Waals surface area contributed by atoms with Gasteiger partial charge in [-0.3, -0.25) is 19.3 Å². The average molecular weight is 273 g/mol. The number of nitrogens with two attached hydrogens (primary N) is 1. The van der Waals surface area contributed by atoms with Crippen molar-refractivity contribution < 1.29 is 14.4 Å². The Balaban J connectivity index is 2.10. The fourth-order valence-electron chi connectivity index (χ4n) is 2.91. The minimum atomic E-state index is -1.14. The highest BCUT2D eigenvalue weighted by atomic mass is 16.2. The molecule has 1 atom stereocenters. The number of nitrogens with zero attached hydrogens (tertiary/aromatic N) is 1. The van der Waals surface area contributed by atoms with E-state index in [1.807, 2.05) is 0 Å². The van der Waals surface area contributed by atoms with Gasteiger partial charge in [-0.15, -0.1) is 0 Å². The largest absolute Gasteiger partial charge is 0.398 e. The quantitative estimate of drug-likeness (QED) is 0.576. The smallest absolute Gasteiger partial charge is 0.264 e. The average Bonchev–Trinajstić information content (AvgIpc) is 2.67. The van der Waals surface area contributed by atoms with Gasteiger partial charge in [0.05, 0.1) is 11.1 Å². The lowest BCUT2D eigenvalue weighted by Crippen LogP contribution is -2.61. The highest BCUT2D eigenvalue weighted by molar-refractivity contribution is 6.25. The van der Waals surface area contributed by atoms with Crippen molar-refractivity contribution in [1.82, 2.24) is 10.2 Å². The third kappa shape index (κ3) is 1.47. The normalized spacial score (nSPS) is 25.6. The van der Waals surface area contributed by atoms with E-state index in [1.54, 1.807) is 25.1 Å². The van der Waals surface area contributed by atoms with Crippen molar-refractivity contribution in [2.75, 3.05) is 12.3 Å². The van der Waals surface area contributed by atoms with Gasteiger partial charge in [0, 0.05) is 12.2 Å². The van der Waals surface area contributed by atoms with Gasteiger partial charge in [0.25, 0.3) is 11.8 Å². The van der Waals surface area contributed by atoms with E-state index in [0.717, 1.165) is 11.3 Å². The molecule has 1 aromatic carbocycles. The number of imide groups is 1. The Morgan fingerprint density at radius 2 is 2.00 bits per heavy atom. The predicted molar refractivity (Wildman–Crippen MR) is 72.0 cm³/mol. The predicted octanol–water partition coefficient (Wildman–Crippen LogP) is 0.533. The van der Waals surface area contributed by atoms with Crippen LogP contribution in [0.4, 0.5) is 5.69 Å². The number of carbonyl (C=O) groups excluding carboxylic acids is 3. The molecule has 6 nitrogen and oxygen atoms in total. The van der Waals surface area contributed by atoms with E-state index < -0.39 is 17.4 Å². The van der Waals surface area contributed by atoms with Crippen molar-refractivity contribution >= 4 is 23.4 Å². The summed E-state index contributed by atoms with van der Waals surface area (Å²) in [5.74, 6) is -1.23. The van der Waals surface area contributed by atoms with Crippen LogP contribution in [0.25, 0.3) is 0 Å². The molecule has 3 N–H and O–H groups in total. The highest BCUT2D eigenvalue weighted by Crippen LogP contribution is 2.35. The lowest BCUT2D eigenvalue weighted by molar-refractivity contribution is -0.132. The number of nitrogen functional groups attached to an aromatic ring is 1. The number of carbonyl (C=O) groups is 3. The Morgan fingerprint density at radius 1 is 1.25 bits per heavy atom. The molecule has 0 bridgehead atoms. The molecular formula is C14H15N3O3. The first-order valence-electron chi connectivity index (χ1n) is 6.52. The molecule has 20 heavy (non-hydrogen) atoms. The number of hydrogen-bond acceptors (Lipinski definition) is 4. The minimum absolute atomic E-state index is 0.206. The van der Waals surface area contributed by atoms with Gasteiger partial charge in [0.15, 0.2) is 0 Å². The maximum Gasteiger partial charge on any atom is 0.264 e. The van der Waals surface area contributed by atoms with Crippen LogP contribution in [0.5, 0.6) is 0 Å². The zero-order valence-electron chi connectivity index (χ0n) is 11.1. The van der Waals surface area contributed by atoms with Gasteiger partial charge in [-0.2, -0.15) is 0 Å². The van der Waals surface area contributed by atoms with Crippen LogP contribution in [0.3, 0.4) is 0 Å². The van der Waals surface area contributed by atoms with E-state index in [0.29, 0.717) is 13.0 Å². The monoisotopic (exact) mass is 273 g/mol. The number of piperidine rings is 1. The second-order valence-corrected chi connectivity index (χ2v) is 5.35. The Bertz CT molecular complexity index is 641. The van der Waals surface area contributed by atoms with Crippen LogP contribution in [0.15, 0.2) is 18.2 Å². The Morgan fingerprint density at radius 3 is 2.65 bits per heavy atom. The standard InChI is InChI=1S/C14H15N3O3/c1-14(6-3-7-16-13(14)20)17-11(18)8-4-2-5-9(15)10(8)12(17)19/h2,4-5H,3,6-7,15H2,1H3,(H,16,20)/t14-/m0/s1. The first kappa shape index (κ1) is 12.7. The zero-order chi connectivity index (χ0) is 14.5. The molecule has 2 aliphatic heterocycles. The van der Waals surface area contributed by atoms with Crippen LogP contribution in [0.2, 0.25) is 0 Å². The number of anilines is 1. The Hall–Kier alpha value is -2.37. The van der Waals surface area contributed by atoms with Gasteiger partial charge < -0.3 is 11.1 Å². The second-order valence-electron chi connectivity index (χ2n) is 5.35. The molecule has 1 aromatic rings. The molecule has 1 saturated heterocycles. The Labute approximate surface area is 115 Å². The number of benzene rings is 1. The van der Waals surface area contributed by atoms with E-state index in [1.165, 1.54) is 0 Å². The molecule has 6 heteroatoms. The number of nitrogens with one attached hydrogen (secondary N) is 1. The molecule has 0 spiro atoms. The van der Waals surface area contributed by atoms with Crippen LogP contribution >= 0.6 is 0 Å². The van der Waals surface area contributed by atoms with Gasteiger partial charge in [0.1, 0.15) is 5.54 Å². The van der Waals surface area contributed by atoms with E-state index >= 15 is 0 Å². The Kier molecular flexibility index (Phi) is 2.57. The molecule has 2 heterocycles. The van der Waals surface area contributed by atoms with Crippen molar-refractivity contribution in [3.05, 3.63) is 29.3 Å². The van der Waals surface area contributed by atoms with Gasteiger partial charge in [-0.25, -0.2) is 0 Å². The summed E-state index contributed by atoms with van der Waals surface area (Å²) in [6.07, 6.45) is 1.19. The lowest BCUT2D eigenvalue weighted by atomic mass is 9.89. The van der Waals surface area contributed by atoms with E-state index in [-0.39, 0.29) is 22.7 Å². The first-order valence-corrected chi connectivity index (χ1v) is 6.52. The molecule has 2 aliphatic rings. The topological polar surface area (TPSA) is 92.5 Å². The first-order chi connectivity index (χ1) is 9.47. The van der Waals surface area contributed by atoms with Crippen LogP contribution in [-0.2, 0) is 4.79 Å². The van der Waals surface area contributed by atoms with Crippen molar-refractivity contribution in [2.45, 2.75) is 25.3 Å². The van der Waals surface area contributed by atoms with E-state index in [9.17, 15) is 14.4 Å². The molecule has 0 aromatic heterocycles. The highest BCUT2D eigenvalue weighted by Gasteiger charge is 2.51. The van der Waals surface area contributed by atoms with E-state index in [2.05, 4.69) is 5.32 Å². The van der Waals surface area contributed by atoms with Gasteiger partial charge >= 0.3 is 0 Å². The number of hydrogen-bond donors (Lipinski definition) is 2. The van der Waals surface area contributed by atoms with Crippen molar-refractivity contribution in [1.29, 1.82) is 0 Å². The molecule has 0 radical (unpaired) electrons. The fraction of sp³-hybridized carbons (Fsp3) is 0.357. The third-order valence-electron chi connectivity index (χ3n) is 4.06. The molecule has 104 valence electrons. The van der Waals surface area contributed by atoms with Crippen LogP contribution in [-0.4, -0.2) is 34.7 Å². The maximum absolute atomic E-state index is 12.5. The number of amides is 3. The van der Waals surface area contributed by atoms with Crippen molar-refractivity contribution in [3.63, 3.8) is 0 Å². The van der Waals surface area contributed by atoms with E-state index in [4.69, 9.17) is 5.73 Å². The van der Waals surface area contributed by atoms with Crippen molar-refractivity contribution in [2.24, 2.45) is 0 Å². The summed E-state index contributed by atoms with van der Waals surface area (Å²) >= 11 is 0. The molecule has 0 unspecified atom stereocenters. The van der Waals surface area contributed by atoms with Crippen LogP contribution in [0.1, 0.15) is 40.5 Å². The zero-order valence-corrected chi connectivity index (χ0v) is 11.1. The molecule has 0 saturated carbocycles. The summed E-state index contributed by atoms with van der Waals surface area (Å²) < 4.78 is 0. The number of fused-ring (bicyclic) bond motifs is 1. The molecule has 0 aliphatic carbocycles. The second kappa shape index (κ2) is 4.06. The minimum Gasteiger partial charge on any atom is -0.398 e. The number of rotatable bonds is 1. The lowest BCUT2D eigenvalue weighted by Gasteiger charge is -2.38. The fourth-order valence-corrected chi connectivity index (χ4v) is 2.91. The summed E-state index contributed by atoms with van der Waals surface area (Å²) in [4.78, 5) is 38.2. The summed E-state index contributed by atoms with van der Waals surface area (Å²) in [6, 6.07) is 4.78. The van der Waals surface area contributed by atoms with Gasteiger partial charge in [0.2, 0.25) is 5.91 Å². The molecule has 1 fully saturated rings. The van der Waals surface area contributed by atoms with Gasteiger partial charge in [-0.05, 0) is 31.9 Å². The van der Waals surface area contributed by atoms with Crippen LogP contribution < -0.4 is 11.1 Å². The SMILES string of the molecule is C[C@]1(N2C(=O)c3cccc(N)c3C2=O)CCCNC1=O. The maximum atomic E-state index is 12.5. The summed E-state index contributed by atoms with van der Waals surface area (Å²) in [6.45, 7) is 2.19. The summed E-state index contributed by atoms with van der Waals surface area (Å²) in [7, 11) is 0. The van der Waals surface area contributed by atoms with Gasteiger partial charge in [-0.1, -0.05) is 6.07 Å². The molecule has 3 rings (SSSR count). The summed E-state index contributed by atoms with van der Waals surface area (Å²) in [5, 5.41) is 2.72. The van der Waals surface area contributed by atoms with Crippen LogP contribution in [0, 0.1) is 0 Å². The summed E-state index contributed by atoms with van der Waals surface area (Å²) in [5.41, 5.74) is 5.40. The third-order valence-corrected chi connectivity index (χ3v) is 4.06. The molecule has 3 amide bonds. The molecular weight excluding hydrogens is 258 g/mol.